The fourth-order valence-corrected chi connectivity index (χ4v) is 6.23. The summed E-state index contributed by atoms with van der Waals surface area (Å²) in [5, 5.41) is 0. The van der Waals surface area contributed by atoms with Crippen LogP contribution >= 0.6 is 0 Å². The number of fused-ring (bicyclic) bond motifs is 2. The molecule has 2 heterocycles. The van der Waals surface area contributed by atoms with Crippen molar-refractivity contribution >= 4 is 11.8 Å². The first kappa shape index (κ1) is 22.3. The number of methoxy groups -OCH3 is 1. The first-order valence-electron chi connectivity index (χ1n) is 12.0. The zero-order valence-corrected chi connectivity index (χ0v) is 19.7. The van der Waals surface area contributed by atoms with Gasteiger partial charge in [-0.25, -0.2) is 0 Å². The maximum absolute atomic E-state index is 13.2. The molecule has 31 heavy (non-hydrogen) atoms. The zero-order valence-electron chi connectivity index (χ0n) is 19.7. The largest absolute Gasteiger partial charge is 0.496 e. The fraction of sp³-hybridized carbons (Fsp3) is 0.692. The molecular weight excluding hydrogens is 388 g/mol. The van der Waals surface area contributed by atoms with E-state index in [0.29, 0.717) is 12.5 Å². The Morgan fingerprint density at radius 2 is 1.81 bits per heavy atom. The Morgan fingerprint density at radius 1 is 1.06 bits per heavy atom. The highest BCUT2D eigenvalue weighted by atomic mass is 16.5. The van der Waals surface area contributed by atoms with Crippen molar-refractivity contribution in [1.82, 2.24) is 9.80 Å². The van der Waals surface area contributed by atoms with Crippen LogP contribution in [0.25, 0.3) is 0 Å². The molecule has 2 bridgehead atoms. The summed E-state index contributed by atoms with van der Waals surface area (Å²) in [4.78, 5) is 30.3. The van der Waals surface area contributed by atoms with Crippen LogP contribution in [0.2, 0.25) is 0 Å². The number of rotatable bonds is 7. The van der Waals surface area contributed by atoms with Crippen molar-refractivity contribution in [2.45, 2.75) is 65.2 Å². The van der Waals surface area contributed by atoms with Crippen LogP contribution in [0, 0.1) is 16.7 Å². The van der Waals surface area contributed by atoms with Crippen LogP contribution in [0.3, 0.4) is 0 Å². The number of hydrogen-bond donors (Lipinski definition) is 0. The van der Waals surface area contributed by atoms with E-state index in [4.69, 9.17) is 4.74 Å². The van der Waals surface area contributed by atoms with E-state index in [-0.39, 0.29) is 28.6 Å². The second-order valence-electron chi connectivity index (χ2n) is 10.5. The molecule has 2 saturated heterocycles. The standard InChI is InChI=1S/C26H38N2O3/c1-25(2)21-13-14-26(25,3)24(30)28(23(21)29)17-8-7-15-27-16-9-10-19(18-27)20-11-5-6-12-22(20)31-4/h5-6,11-12,19,21H,7-10,13-18H2,1-4H3. The lowest BCUT2D eigenvalue weighted by atomic mass is 9.62. The number of unbranched alkanes of at least 4 members (excludes halogenated alkanes) is 1. The van der Waals surface area contributed by atoms with Crippen molar-refractivity contribution in [3.05, 3.63) is 29.8 Å². The molecule has 1 saturated carbocycles. The van der Waals surface area contributed by atoms with E-state index >= 15 is 0 Å². The summed E-state index contributed by atoms with van der Waals surface area (Å²) in [6.45, 7) is 10.1. The van der Waals surface area contributed by atoms with Gasteiger partial charge in [0.2, 0.25) is 11.8 Å². The summed E-state index contributed by atoms with van der Waals surface area (Å²) in [6, 6.07) is 8.37. The van der Waals surface area contributed by atoms with Gasteiger partial charge in [-0.15, -0.1) is 0 Å². The van der Waals surface area contributed by atoms with Crippen LogP contribution in [0.1, 0.15) is 70.8 Å². The van der Waals surface area contributed by atoms with E-state index in [0.717, 1.165) is 51.1 Å². The van der Waals surface area contributed by atoms with E-state index in [9.17, 15) is 9.59 Å². The van der Waals surface area contributed by atoms with Gasteiger partial charge in [-0.2, -0.15) is 0 Å². The second kappa shape index (κ2) is 8.57. The Hall–Kier alpha value is -1.88. The molecule has 3 atom stereocenters. The fourth-order valence-electron chi connectivity index (χ4n) is 6.23. The Kier molecular flexibility index (Phi) is 6.17. The number of nitrogens with zero attached hydrogens (tertiary/aromatic N) is 2. The molecular formula is C26H38N2O3. The SMILES string of the molecule is COc1ccccc1C1CCCN(CCCCN2C(=O)C3CCC(C)(C2=O)C3(C)C)C1. The average molecular weight is 427 g/mol. The maximum Gasteiger partial charge on any atom is 0.235 e. The van der Waals surface area contributed by atoms with Gasteiger partial charge in [0.25, 0.3) is 0 Å². The van der Waals surface area contributed by atoms with Crippen molar-refractivity contribution in [3.63, 3.8) is 0 Å². The summed E-state index contributed by atoms with van der Waals surface area (Å²) in [5.41, 5.74) is 0.699. The van der Waals surface area contributed by atoms with Crippen LogP contribution in [0.5, 0.6) is 5.75 Å². The summed E-state index contributed by atoms with van der Waals surface area (Å²) in [5.74, 6) is 1.62. The maximum atomic E-state index is 13.2. The summed E-state index contributed by atoms with van der Waals surface area (Å²) < 4.78 is 5.58. The van der Waals surface area contributed by atoms with E-state index < -0.39 is 0 Å². The Labute approximate surface area is 187 Å². The third kappa shape index (κ3) is 3.79. The number of piperidine rings is 2. The number of carbonyl (C=O) groups is 2. The Bertz CT molecular complexity index is 836. The molecule has 5 nitrogen and oxygen atoms in total. The predicted molar refractivity (Wildman–Crippen MR) is 122 cm³/mol. The first-order chi connectivity index (χ1) is 14.8. The molecule has 0 radical (unpaired) electrons. The summed E-state index contributed by atoms with van der Waals surface area (Å²) >= 11 is 0. The Balaban J connectivity index is 1.29. The van der Waals surface area contributed by atoms with Gasteiger partial charge in [0, 0.05) is 24.9 Å². The zero-order chi connectivity index (χ0) is 22.2. The highest BCUT2D eigenvalue weighted by molar-refractivity contribution is 6.03. The van der Waals surface area contributed by atoms with Crippen molar-refractivity contribution < 1.29 is 14.3 Å². The van der Waals surface area contributed by atoms with Crippen molar-refractivity contribution in [1.29, 1.82) is 0 Å². The lowest BCUT2D eigenvalue weighted by molar-refractivity contribution is -0.167. The van der Waals surface area contributed by atoms with Gasteiger partial charge < -0.3 is 9.64 Å². The van der Waals surface area contributed by atoms with Gasteiger partial charge in [-0.1, -0.05) is 39.0 Å². The topological polar surface area (TPSA) is 49.9 Å². The number of benzene rings is 1. The molecule has 2 aliphatic heterocycles. The highest BCUT2D eigenvalue weighted by Crippen LogP contribution is 2.60. The van der Waals surface area contributed by atoms with Gasteiger partial charge in [0.1, 0.15) is 5.75 Å². The monoisotopic (exact) mass is 426 g/mol. The molecule has 3 fully saturated rings. The molecule has 0 N–H and O–H groups in total. The van der Waals surface area contributed by atoms with Crippen LogP contribution in [-0.2, 0) is 9.59 Å². The number of hydrogen-bond acceptors (Lipinski definition) is 4. The van der Waals surface area contributed by atoms with Gasteiger partial charge in [-0.05, 0) is 68.7 Å². The molecule has 3 unspecified atom stereocenters. The number of carbonyl (C=O) groups excluding carboxylic acids is 2. The van der Waals surface area contributed by atoms with Gasteiger partial charge in [-0.3, -0.25) is 14.5 Å². The quantitative estimate of drug-likeness (QED) is 0.477. The van der Waals surface area contributed by atoms with Crippen molar-refractivity contribution in [3.8, 4) is 5.75 Å². The van der Waals surface area contributed by atoms with Crippen LogP contribution in [0.4, 0.5) is 0 Å². The third-order valence-corrected chi connectivity index (χ3v) is 8.70. The lowest BCUT2D eigenvalue weighted by Crippen LogP contribution is -2.59. The molecule has 5 heteroatoms. The molecule has 0 aromatic heterocycles. The van der Waals surface area contributed by atoms with E-state index in [2.05, 4.69) is 43.9 Å². The number of para-hydroxylation sites is 1. The van der Waals surface area contributed by atoms with Gasteiger partial charge in [0.15, 0.2) is 0 Å². The minimum absolute atomic E-state index is 0.00101. The summed E-state index contributed by atoms with van der Waals surface area (Å²) in [7, 11) is 1.75. The number of likely N-dealkylation sites (tertiary alicyclic amines) is 2. The Morgan fingerprint density at radius 3 is 2.58 bits per heavy atom. The average Bonchev–Trinajstić information content (AvgIpc) is 2.96. The second-order valence-corrected chi connectivity index (χ2v) is 10.5. The predicted octanol–water partition coefficient (Wildman–Crippen LogP) is 4.47. The van der Waals surface area contributed by atoms with E-state index in [1.165, 1.54) is 18.4 Å². The minimum Gasteiger partial charge on any atom is -0.496 e. The number of ether oxygens (including phenoxy) is 1. The minimum atomic E-state index is -0.388. The number of amides is 2. The molecule has 0 spiro atoms. The molecule has 1 aromatic rings. The molecule has 1 aliphatic carbocycles. The molecule has 3 aliphatic rings. The third-order valence-electron chi connectivity index (χ3n) is 8.70. The van der Waals surface area contributed by atoms with E-state index in [1.54, 1.807) is 12.0 Å². The molecule has 4 rings (SSSR count). The van der Waals surface area contributed by atoms with Crippen LogP contribution in [0.15, 0.2) is 24.3 Å². The number of imide groups is 1. The molecule has 1 aromatic carbocycles. The summed E-state index contributed by atoms with van der Waals surface area (Å²) in [6.07, 6.45) is 5.98. The lowest BCUT2D eigenvalue weighted by Gasteiger charge is -2.47. The molecule has 170 valence electrons. The normalized spacial score (nSPS) is 30.6. The van der Waals surface area contributed by atoms with Gasteiger partial charge in [0.05, 0.1) is 12.5 Å². The van der Waals surface area contributed by atoms with Gasteiger partial charge >= 0.3 is 0 Å². The highest BCUT2D eigenvalue weighted by Gasteiger charge is 2.64. The van der Waals surface area contributed by atoms with E-state index in [1.807, 2.05) is 6.07 Å². The van der Waals surface area contributed by atoms with Crippen molar-refractivity contribution in [2.24, 2.45) is 16.7 Å². The van der Waals surface area contributed by atoms with Crippen LogP contribution < -0.4 is 4.74 Å². The smallest absolute Gasteiger partial charge is 0.235 e. The first-order valence-corrected chi connectivity index (χ1v) is 12.0. The molecule has 2 amide bonds. The van der Waals surface area contributed by atoms with Crippen LogP contribution in [-0.4, -0.2) is 54.9 Å². The van der Waals surface area contributed by atoms with Crippen molar-refractivity contribution in [2.75, 3.05) is 33.3 Å².